The van der Waals surface area contributed by atoms with Crippen LogP contribution in [0.1, 0.15) is 24.0 Å². The quantitative estimate of drug-likeness (QED) is 0.567. The van der Waals surface area contributed by atoms with Gasteiger partial charge in [0.25, 0.3) is 0 Å². The van der Waals surface area contributed by atoms with Crippen LogP contribution in [-0.4, -0.2) is 41.5 Å². The minimum atomic E-state index is -3.40. The molecule has 2 aromatic carbocycles. The number of benzene rings is 2. The minimum absolute atomic E-state index is 0.0193. The van der Waals surface area contributed by atoms with Gasteiger partial charge in [0, 0.05) is 30.1 Å². The Bertz CT molecular complexity index is 1160. The van der Waals surface area contributed by atoms with Gasteiger partial charge in [-0.15, -0.1) is 0 Å². The second-order valence-corrected chi connectivity index (χ2v) is 10.3. The second kappa shape index (κ2) is 9.85. The number of nitrogens with one attached hydrogen (secondary N) is 1. The monoisotopic (exact) mass is 472 g/mol. The zero-order valence-corrected chi connectivity index (χ0v) is 19.1. The first-order chi connectivity index (χ1) is 15.4. The van der Waals surface area contributed by atoms with E-state index in [0.29, 0.717) is 43.3 Å². The SMILES string of the molecule is O=C(Nc1ccnn1Cc1ccc(Cl)cc1)C1CCN(S(=O)(=O)Cc2ccccc2)CC1. The van der Waals surface area contributed by atoms with E-state index in [2.05, 4.69) is 10.4 Å². The molecule has 3 aromatic rings. The molecule has 9 heteroatoms. The van der Waals surface area contributed by atoms with Gasteiger partial charge < -0.3 is 5.32 Å². The van der Waals surface area contributed by atoms with Crippen molar-refractivity contribution in [1.29, 1.82) is 0 Å². The fraction of sp³-hybridized carbons (Fsp3) is 0.304. The third kappa shape index (κ3) is 5.56. The Kier molecular flexibility index (Phi) is 6.93. The van der Waals surface area contributed by atoms with Crippen LogP contribution in [0.25, 0.3) is 0 Å². The number of aromatic nitrogens is 2. The smallest absolute Gasteiger partial charge is 0.228 e. The van der Waals surface area contributed by atoms with E-state index >= 15 is 0 Å². The standard InChI is InChI=1S/C23H25ClN4O3S/c24-21-8-6-18(7-9-21)16-28-22(10-13-25-28)26-23(29)20-11-14-27(15-12-20)32(30,31)17-19-4-2-1-3-5-19/h1-10,13,20H,11-12,14-17H2,(H,26,29). The van der Waals surface area contributed by atoms with Crippen LogP contribution >= 0.6 is 11.6 Å². The fourth-order valence-corrected chi connectivity index (χ4v) is 5.52. The number of nitrogens with zero attached hydrogens (tertiary/aromatic N) is 3. The van der Waals surface area contributed by atoms with E-state index in [1.165, 1.54) is 4.31 Å². The van der Waals surface area contributed by atoms with Gasteiger partial charge in [0.2, 0.25) is 15.9 Å². The summed E-state index contributed by atoms with van der Waals surface area (Å²) in [4.78, 5) is 12.8. The molecule has 0 aliphatic carbocycles. The maximum Gasteiger partial charge on any atom is 0.228 e. The predicted molar refractivity (Wildman–Crippen MR) is 125 cm³/mol. The van der Waals surface area contributed by atoms with Gasteiger partial charge >= 0.3 is 0 Å². The van der Waals surface area contributed by atoms with Crippen molar-refractivity contribution in [2.45, 2.75) is 25.1 Å². The lowest BCUT2D eigenvalue weighted by atomic mass is 9.97. The first-order valence-electron chi connectivity index (χ1n) is 10.5. The van der Waals surface area contributed by atoms with E-state index in [-0.39, 0.29) is 17.6 Å². The van der Waals surface area contributed by atoms with Gasteiger partial charge in [-0.1, -0.05) is 54.1 Å². The molecule has 1 fully saturated rings. The van der Waals surface area contributed by atoms with Crippen molar-refractivity contribution in [2.75, 3.05) is 18.4 Å². The molecule has 1 aliphatic rings. The molecule has 0 unspecified atom stereocenters. The molecule has 0 bridgehead atoms. The Morgan fingerprint density at radius 3 is 2.38 bits per heavy atom. The van der Waals surface area contributed by atoms with Crippen molar-refractivity contribution < 1.29 is 13.2 Å². The van der Waals surface area contributed by atoms with Crippen LogP contribution in [0.2, 0.25) is 5.02 Å². The third-order valence-corrected chi connectivity index (χ3v) is 7.73. The number of rotatable bonds is 7. The van der Waals surface area contributed by atoms with Crippen LogP contribution in [0.5, 0.6) is 0 Å². The highest BCUT2D eigenvalue weighted by molar-refractivity contribution is 7.88. The molecule has 168 valence electrons. The van der Waals surface area contributed by atoms with E-state index in [1.807, 2.05) is 54.6 Å². The Balaban J connectivity index is 1.32. The summed E-state index contributed by atoms with van der Waals surface area (Å²) in [5, 5.41) is 7.92. The Labute approximate surface area is 193 Å². The Morgan fingerprint density at radius 1 is 1.00 bits per heavy atom. The average molecular weight is 473 g/mol. The molecule has 1 N–H and O–H groups in total. The molecule has 7 nitrogen and oxygen atoms in total. The number of sulfonamides is 1. The van der Waals surface area contributed by atoms with Crippen molar-refractivity contribution in [1.82, 2.24) is 14.1 Å². The summed E-state index contributed by atoms with van der Waals surface area (Å²) >= 11 is 5.94. The third-order valence-electron chi connectivity index (χ3n) is 5.62. The van der Waals surface area contributed by atoms with Gasteiger partial charge in [-0.05, 0) is 36.1 Å². The summed E-state index contributed by atoms with van der Waals surface area (Å²) in [5.74, 6) is 0.248. The Hall–Kier alpha value is -2.68. The molecule has 0 atom stereocenters. The molecule has 32 heavy (non-hydrogen) atoms. The first-order valence-corrected chi connectivity index (χ1v) is 12.5. The van der Waals surface area contributed by atoms with E-state index in [1.54, 1.807) is 16.9 Å². The van der Waals surface area contributed by atoms with Gasteiger partial charge in [0.05, 0.1) is 18.5 Å². The van der Waals surface area contributed by atoms with Crippen LogP contribution in [0, 0.1) is 5.92 Å². The largest absolute Gasteiger partial charge is 0.311 e. The van der Waals surface area contributed by atoms with Crippen molar-refractivity contribution in [3.8, 4) is 0 Å². The topological polar surface area (TPSA) is 84.3 Å². The number of halogens is 1. The molecule has 1 aromatic heterocycles. The van der Waals surface area contributed by atoms with E-state index in [9.17, 15) is 13.2 Å². The van der Waals surface area contributed by atoms with E-state index in [4.69, 9.17) is 11.6 Å². The van der Waals surface area contributed by atoms with Gasteiger partial charge in [-0.25, -0.2) is 17.4 Å². The molecule has 0 radical (unpaired) electrons. The molecule has 1 aliphatic heterocycles. The second-order valence-electron chi connectivity index (χ2n) is 7.90. The van der Waals surface area contributed by atoms with Crippen LogP contribution < -0.4 is 5.32 Å². The molecule has 0 spiro atoms. The number of carbonyl (C=O) groups is 1. The van der Waals surface area contributed by atoms with Crippen molar-refractivity contribution in [3.63, 3.8) is 0 Å². The van der Waals surface area contributed by atoms with Crippen LogP contribution in [0.4, 0.5) is 5.82 Å². The minimum Gasteiger partial charge on any atom is -0.311 e. The van der Waals surface area contributed by atoms with Gasteiger partial charge in [0.15, 0.2) is 0 Å². The fourth-order valence-electron chi connectivity index (χ4n) is 3.83. The predicted octanol–water partition coefficient (Wildman–Crippen LogP) is 3.77. The van der Waals surface area contributed by atoms with E-state index in [0.717, 1.165) is 11.1 Å². The summed E-state index contributed by atoms with van der Waals surface area (Å²) in [7, 11) is -3.40. The molecular weight excluding hydrogens is 448 g/mol. The highest BCUT2D eigenvalue weighted by Crippen LogP contribution is 2.23. The van der Waals surface area contributed by atoms with Crippen molar-refractivity contribution in [2.24, 2.45) is 5.92 Å². The van der Waals surface area contributed by atoms with Gasteiger partial charge in [-0.2, -0.15) is 5.10 Å². The summed E-state index contributed by atoms with van der Waals surface area (Å²) in [6, 6.07) is 18.4. The van der Waals surface area contributed by atoms with Crippen molar-refractivity contribution in [3.05, 3.63) is 83.0 Å². The Morgan fingerprint density at radius 2 is 1.69 bits per heavy atom. The van der Waals surface area contributed by atoms with E-state index < -0.39 is 10.0 Å². The lowest BCUT2D eigenvalue weighted by Crippen LogP contribution is -2.42. The highest BCUT2D eigenvalue weighted by Gasteiger charge is 2.31. The number of amides is 1. The zero-order valence-electron chi connectivity index (χ0n) is 17.5. The summed E-state index contributed by atoms with van der Waals surface area (Å²) < 4.78 is 28.7. The normalized spacial score (nSPS) is 15.5. The zero-order chi connectivity index (χ0) is 22.6. The summed E-state index contributed by atoms with van der Waals surface area (Å²) in [6.45, 7) is 1.20. The number of piperidine rings is 1. The van der Waals surface area contributed by atoms with Gasteiger partial charge in [-0.3, -0.25) is 4.79 Å². The molecule has 2 heterocycles. The maximum atomic E-state index is 12.8. The first kappa shape index (κ1) is 22.5. The molecular formula is C23H25ClN4O3S. The lowest BCUT2D eigenvalue weighted by Gasteiger charge is -2.30. The van der Waals surface area contributed by atoms with Gasteiger partial charge in [0.1, 0.15) is 5.82 Å². The summed E-state index contributed by atoms with van der Waals surface area (Å²) in [5.41, 5.74) is 1.78. The lowest BCUT2D eigenvalue weighted by molar-refractivity contribution is -0.121. The molecule has 4 rings (SSSR count). The number of anilines is 1. The molecule has 0 saturated carbocycles. The number of hydrogen-bond acceptors (Lipinski definition) is 4. The number of hydrogen-bond donors (Lipinski definition) is 1. The summed E-state index contributed by atoms with van der Waals surface area (Å²) in [6.07, 6.45) is 2.63. The average Bonchev–Trinajstić information content (AvgIpc) is 3.22. The molecule has 1 amide bonds. The maximum absolute atomic E-state index is 12.8. The van der Waals surface area contributed by atoms with Crippen LogP contribution in [-0.2, 0) is 27.1 Å². The highest BCUT2D eigenvalue weighted by atomic mass is 35.5. The number of carbonyl (C=O) groups excluding carboxylic acids is 1. The van der Waals surface area contributed by atoms with Crippen molar-refractivity contribution >= 4 is 33.3 Å². The van der Waals surface area contributed by atoms with Crippen LogP contribution in [0.15, 0.2) is 66.9 Å². The van der Waals surface area contributed by atoms with Crippen LogP contribution in [0.3, 0.4) is 0 Å². The molecule has 1 saturated heterocycles.